The highest BCUT2D eigenvalue weighted by atomic mass is 16.5. The Bertz CT molecular complexity index is 871. The first-order chi connectivity index (χ1) is 12.0. The van der Waals surface area contributed by atoms with E-state index >= 15 is 0 Å². The van der Waals surface area contributed by atoms with Crippen molar-refractivity contribution >= 4 is 17.7 Å². The summed E-state index contributed by atoms with van der Waals surface area (Å²) in [6.45, 7) is 4.71. The molecule has 1 unspecified atom stereocenters. The zero-order valence-corrected chi connectivity index (χ0v) is 14.4. The lowest BCUT2D eigenvalue weighted by molar-refractivity contribution is -0.136. The van der Waals surface area contributed by atoms with Crippen LogP contribution in [0.3, 0.4) is 0 Å². The fourth-order valence-electron chi connectivity index (χ4n) is 4.04. The predicted octanol–water partition coefficient (Wildman–Crippen LogP) is 4.06. The standard InChI is InChI=1S/C21H21NO3/c1-20(2)16-8-4-5-9-17(16)22(14-12-19(23)24)21(20)13-11-15-7-3-6-10-18(15)25-21/h3-11,13H,12,14H2,1-2H3,(H,23,24). The van der Waals surface area contributed by atoms with E-state index in [1.165, 1.54) is 5.56 Å². The summed E-state index contributed by atoms with van der Waals surface area (Å²) in [4.78, 5) is 13.3. The Balaban J connectivity index is 1.86. The van der Waals surface area contributed by atoms with Crippen LogP contribution in [0.15, 0.2) is 54.6 Å². The van der Waals surface area contributed by atoms with Crippen molar-refractivity contribution in [3.8, 4) is 5.75 Å². The van der Waals surface area contributed by atoms with Crippen molar-refractivity contribution in [1.82, 2.24) is 0 Å². The number of fused-ring (bicyclic) bond motifs is 2. The number of benzene rings is 2. The molecule has 0 fully saturated rings. The molecule has 4 nitrogen and oxygen atoms in total. The molecule has 0 bridgehead atoms. The summed E-state index contributed by atoms with van der Waals surface area (Å²) in [5.41, 5.74) is 2.19. The number of ether oxygens (including phenoxy) is 1. The predicted molar refractivity (Wildman–Crippen MR) is 97.9 cm³/mol. The molecule has 1 N–H and O–H groups in total. The number of nitrogens with zero attached hydrogens (tertiary/aromatic N) is 1. The van der Waals surface area contributed by atoms with Crippen molar-refractivity contribution in [3.05, 3.63) is 65.7 Å². The molecule has 1 atom stereocenters. The highest BCUT2D eigenvalue weighted by molar-refractivity contribution is 5.74. The van der Waals surface area contributed by atoms with Crippen LogP contribution in [-0.2, 0) is 10.2 Å². The van der Waals surface area contributed by atoms with E-state index in [0.29, 0.717) is 6.54 Å². The van der Waals surface area contributed by atoms with Gasteiger partial charge in [-0.2, -0.15) is 0 Å². The van der Waals surface area contributed by atoms with Gasteiger partial charge in [0, 0.05) is 17.8 Å². The minimum absolute atomic E-state index is 0.0605. The number of anilines is 1. The van der Waals surface area contributed by atoms with E-state index in [9.17, 15) is 9.90 Å². The molecule has 2 aromatic carbocycles. The highest BCUT2D eigenvalue weighted by Crippen LogP contribution is 2.54. The SMILES string of the molecule is CC1(C)c2ccccc2N(CCC(=O)O)C12C=Cc1ccccc1O2. The maximum absolute atomic E-state index is 11.2. The summed E-state index contributed by atoms with van der Waals surface area (Å²) >= 11 is 0. The van der Waals surface area contributed by atoms with Crippen molar-refractivity contribution in [2.45, 2.75) is 31.4 Å². The Labute approximate surface area is 147 Å². The van der Waals surface area contributed by atoms with Gasteiger partial charge in [0.25, 0.3) is 0 Å². The van der Waals surface area contributed by atoms with Gasteiger partial charge in [0.1, 0.15) is 5.75 Å². The first-order valence-corrected chi connectivity index (χ1v) is 8.52. The summed E-state index contributed by atoms with van der Waals surface area (Å²) in [5, 5.41) is 9.21. The summed E-state index contributed by atoms with van der Waals surface area (Å²) in [7, 11) is 0. The average molecular weight is 335 g/mol. The van der Waals surface area contributed by atoms with Gasteiger partial charge in [-0.3, -0.25) is 4.79 Å². The maximum Gasteiger partial charge on any atom is 0.305 e. The van der Waals surface area contributed by atoms with Crippen LogP contribution in [0.2, 0.25) is 0 Å². The van der Waals surface area contributed by atoms with Gasteiger partial charge < -0.3 is 14.7 Å². The molecule has 0 saturated carbocycles. The van der Waals surface area contributed by atoms with E-state index in [0.717, 1.165) is 17.0 Å². The average Bonchev–Trinajstić information content (AvgIpc) is 2.78. The van der Waals surface area contributed by atoms with Gasteiger partial charge in [0.2, 0.25) is 5.72 Å². The normalized spacial score (nSPS) is 22.4. The molecule has 2 heterocycles. The number of carboxylic acid groups (broad SMARTS) is 1. The molecule has 2 aliphatic rings. The van der Waals surface area contributed by atoms with E-state index in [1.807, 2.05) is 42.5 Å². The molecule has 0 aromatic heterocycles. The van der Waals surface area contributed by atoms with Crippen molar-refractivity contribution in [2.24, 2.45) is 0 Å². The van der Waals surface area contributed by atoms with E-state index in [1.54, 1.807) is 0 Å². The van der Waals surface area contributed by atoms with Crippen molar-refractivity contribution in [3.63, 3.8) is 0 Å². The van der Waals surface area contributed by atoms with E-state index in [-0.39, 0.29) is 11.8 Å². The minimum atomic E-state index is -0.808. The molecule has 0 saturated heterocycles. The van der Waals surface area contributed by atoms with Crippen molar-refractivity contribution < 1.29 is 14.6 Å². The van der Waals surface area contributed by atoms with Gasteiger partial charge in [0.05, 0.1) is 11.8 Å². The lowest BCUT2D eigenvalue weighted by Crippen LogP contribution is -2.59. The Morgan fingerprint density at radius 1 is 1.12 bits per heavy atom. The molecule has 1 spiro atoms. The molecular weight excluding hydrogens is 314 g/mol. The topological polar surface area (TPSA) is 49.8 Å². The molecule has 2 aliphatic heterocycles. The van der Waals surface area contributed by atoms with Crippen molar-refractivity contribution in [2.75, 3.05) is 11.4 Å². The third-order valence-electron chi connectivity index (χ3n) is 5.39. The van der Waals surface area contributed by atoms with E-state index < -0.39 is 11.7 Å². The Hall–Kier alpha value is -2.75. The zero-order chi connectivity index (χ0) is 17.7. The van der Waals surface area contributed by atoms with Crippen molar-refractivity contribution in [1.29, 1.82) is 0 Å². The first kappa shape index (κ1) is 15.8. The third kappa shape index (κ3) is 2.17. The lowest BCUT2D eigenvalue weighted by atomic mass is 9.76. The fourth-order valence-corrected chi connectivity index (χ4v) is 4.04. The van der Waals surface area contributed by atoms with Crippen LogP contribution in [0, 0.1) is 0 Å². The summed E-state index contributed by atoms with van der Waals surface area (Å²) in [6.07, 6.45) is 4.22. The second kappa shape index (κ2) is 5.38. The first-order valence-electron chi connectivity index (χ1n) is 8.52. The van der Waals surface area contributed by atoms with Crippen LogP contribution in [-0.4, -0.2) is 23.3 Å². The third-order valence-corrected chi connectivity index (χ3v) is 5.39. The lowest BCUT2D eigenvalue weighted by Gasteiger charge is -2.47. The zero-order valence-electron chi connectivity index (χ0n) is 14.4. The number of hydrogen-bond acceptors (Lipinski definition) is 3. The van der Waals surface area contributed by atoms with Crippen LogP contribution >= 0.6 is 0 Å². The summed E-state index contributed by atoms with van der Waals surface area (Å²) in [5.74, 6) is 0.0173. The largest absolute Gasteiger partial charge is 0.481 e. The Morgan fingerprint density at radius 2 is 1.84 bits per heavy atom. The van der Waals surface area contributed by atoms with E-state index in [2.05, 4.69) is 37.0 Å². The molecule has 25 heavy (non-hydrogen) atoms. The van der Waals surface area contributed by atoms with Gasteiger partial charge in [-0.15, -0.1) is 0 Å². The van der Waals surface area contributed by atoms with Crippen LogP contribution in [0.4, 0.5) is 5.69 Å². The molecule has 4 heteroatoms. The maximum atomic E-state index is 11.2. The number of aliphatic carboxylic acids is 1. The van der Waals surface area contributed by atoms with Gasteiger partial charge in [0.15, 0.2) is 0 Å². The Morgan fingerprint density at radius 3 is 2.64 bits per heavy atom. The quantitative estimate of drug-likeness (QED) is 0.919. The number of para-hydroxylation sites is 2. The van der Waals surface area contributed by atoms with E-state index in [4.69, 9.17) is 4.74 Å². The van der Waals surface area contributed by atoms with Crippen LogP contribution < -0.4 is 9.64 Å². The number of hydrogen-bond donors (Lipinski definition) is 1. The molecule has 0 radical (unpaired) electrons. The molecule has 2 aromatic rings. The van der Waals surface area contributed by atoms with Crippen LogP contribution in [0.25, 0.3) is 6.08 Å². The fraction of sp³-hybridized carbons (Fsp3) is 0.286. The van der Waals surface area contributed by atoms with Gasteiger partial charge >= 0.3 is 5.97 Å². The molecule has 0 amide bonds. The summed E-state index contributed by atoms with van der Waals surface area (Å²) < 4.78 is 6.57. The van der Waals surface area contributed by atoms with Gasteiger partial charge in [-0.05, 0) is 43.7 Å². The minimum Gasteiger partial charge on any atom is -0.481 e. The molecule has 128 valence electrons. The van der Waals surface area contributed by atoms with Crippen LogP contribution in [0.5, 0.6) is 5.75 Å². The highest BCUT2D eigenvalue weighted by Gasteiger charge is 2.58. The number of carbonyl (C=O) groups is 1. The number of rotatable bonds is 3. The number of carboxylic acids is 1. The summed E-state index contributed by atoms with van der Waals surface area (Å²) in [6, 6.07) is 16.1. The van der Waals surface area contributed by atoms with Gasteiger partial charge in [-0.1, -0.05) is 36.4 Å². The second-order valence-corrected chi connectivity index (χ2v) is 7.11. The molecule has 0 aliphatic carbocycles. The van der Waals surface area contributed by atoms with Crippen LogP contribution in [0.1, 0.15) is 31.4 Å². The monoisotopic (exact) mass is 335 g/mol. The Kier molecular flexibility index (Phi) is 3.39. The second-order valence-electron chi connectivity index (χ2n) is 7.11. The molecule has 4 rings (SSSR count). The van der Waals surface area contributed by atoms with Gasteiger partial charge in [-0.25, -0.2) is 0 Å². The molecular formula is C21H21NO3. The smallest absolute Gasteiger partial charge is 0.305 e.